The molecule has 2 rings (SSSR count). The predicted molar refractivity (Wildman–Crippen MR) is 72.9 cm³/mol. The number of methoxy groups -OCH3 is 1. The molecule has 0 bridgehead atoms. The summed E-state index contributed by atoms with van der Waals surface area (Å²) in [5.74, 6) is 0.749. The van der Waals surface area contributed by atoms with E-state index in [0.29, 0.717) is 16.9 Å². The summed E-state index contributed by atoms with van der Waals surface area (Å²) in [7, 11) is 1.51. The monoisotopic (exact) mass is 287 g/mol. The molecule has 0 amide bonds. The van der Waals surface area contributed by atoms with E-state index < -0.39 is 0 Å². The second kappa shape index (κ2) is 6.59. The van der Waals surface area contributed by atoms with Crippen molar-refractivity contribution in [1.29, 1.82) is 5.26 Å². The Hall–Kier alpha value is -2.78. The number of aliphatic hydroxyl groups is 1. The molecule has 0 aliphatic rings. The zero-order valence-corrected chi connectivity index (χ0v) is 11.3. The van der Waals surface area contributed by atoms with Crippen LogP contribution in [0.2, 0.25) is 0 Å². The van der Waals surface area contributed by atoms with E-state index in [0.717, 1.165) is 12.3 Å². The molecule has 0 fully saturated rings. The second-order valence-corrected chi connectivity index (χ2v) is 4.16. The van der Waals surface area contributed by atoms with Crippen molar-refractivity contribution in [2.45, 2.75) is 13.2 Å². The minimum atomic E-state index is -0.388. The van der Waals surface area contributed by atoms with Crippen molar-refractivity contribution in [3.05, 3.63) is 57.6 Å². The molecule has 108 valence electrons. The summed E-state index contributed by atoms with van der Waals surface area (Å²) >= 11 is 0. The van der Waals surface area contributed by atoms with Gasteiger partial charge in [-0.15, -0.1) is 0 Å². The number of benzene rings is 1. The summed E-state index contributed by atoms with van der Waals surface area (Å²) in [6.45, 7) is -0.296. The summed E-state index contributed by atoms with van der Waals surface area (Å²) in [6, 6.07) is 8.11. The maximum Gasteiger partial charge on any atom is 0.227 e. The van der Waals surface area contributed by atoms with Crippen LogP contribution in [0.1, 0.15) is 16.9 Å². The Morgan fingerprint density at radius 3 is 2.76 bits per heavy atom. The maximum absolute atomic E-state index is 11.7. The molecule has 6 heteroatoms. The number of rotatable bonds is 5. The summed E-state index contributed by atoms with van der Waals surface area (Å²) in [6.07, 6.45) is 1.15. The van der Waals surface area contributed by atoms with Gasteiger partial charge in [-0.1, -0.05) is 0 Å². The summed E-state index contributed by atoms with van der Waals surface area (Å²) < 4.78 is 15.6. The van der Waals surface area contributed by atoms with Gasteiger partial charge in [-0.3, -0.25) is 4.79 Å². The Bertz CT molecular complexity index is 730. The number of hydrogen-bond donors (Lipinski definition) is 1. The predicted octanol–water partition coefficient (Wildman–Crippen LogP) is 1.59. The van der Waals surface area contributed by atoms with Crippen LogP contribution in [-0.4, -0.2) is 12.2 Å². The standard InChI is InChI=1S/C15H13NO5/c1-19-14-3-2-10(6-16)4-11(14)8-21-15-9-20-12(7-17)5-13(15)18/h2-5,9,17H,7-8H2,1H3. The first-order valence-electron chi connectivity index (χ1n) is 6.10. The highest BCUT2D eigenvalue weighted by Crippen LogP contribution is 2.21. The van der Waals surface area contributed by atoms with Gasteiger partial charge in [0.25, 0.3) is 0 Å². The lowest BCUT2D eigenvalue weighted by molar-refractivity contribution is 0.235. The SMILES string of the molecule is COc1ccc(C#N)cc1COc1coc(CO)cc1=O. The van der Waals surface area contributed by atoms with E-state index in [1.165, 1.54) is 7.11 Å². The van der Waals surface area contributed by atoms with Gasteiger partial charge in [0, 0.05) is 11.6 Å². The molecular formula is C15H13NO5. The fraction of sp³-hybridized carbons (Fsp3) is 0.200. The van der Waals surface area contributed by atoms with Gasteiger partial charge in [0.1, 0.15) is 31.0 Å². The third-order valence-electron chi connectivity index (χ3n) is 2.80. The van der Waals surface area contributed by atoms with Gasteiger partial charge in [0.05, 0.1) is 18.7 Å². The van der Waals surface area contributed by atoms with Crippen LogP contribution in [0.25, 0.3) is 0 Å². The molecule has 2 aromatic rings. The van der Waals surface area contributed by atoms with E-state index in [-0.39, 0.29) is 30.2 Å². The first kappa shape index (κ1) is 14.6. The molecule has 6 nitrogen and oxygen atoms in total. The van der Waals surface area contributed by atoms with Gasteiger partial charge in [-0.2, -0.15) is 5.26 Å². The van der Waals surface area contributed by atoms with Crippen molar-refractivity contribution in [3.8, 4) is 17.6 Å². The fourth-order valence-corrected chi connectivity index (χ4v) is 1.74. The Kier molecular flexibility index (Phi) is 4.59. The molecule has 1 aromatic carbocycles. The Morgan fingerprint density at radius 2 is 2.14 bits per heavy atom. The van der Waals surface area contributed by atoms with Crippen molar-refractivity contribution >= 4 is 0 Å². The molecule has 0 aliphatic heterocycles. The molecule has 0 radical (unpaired) electrons. The summed E-state index contributed by atoms with van der Waals surface area (Å²) in [5, 5.41) is 17.8. The van der Waals surface area contributed by atoms with Gasteiger partial charge in [-0.05, 0) is 18.2 Å². The minimum absolute atomic E-state index is 0.0246. The van der Waals surface area contributed by atoms with E-state index >= 15 is 0 Å². The van der Waals surface area contributed by atoms with E-state index in [1.807, 2.05) is 6.07 Å². The average Bonchev–Trinajstić information content (AvgIpc) is 2.53. The Labute approximate surface area is 120 Å². The minimum Gasteiger partial charge on any atom is -0.496 e. The van der Waals surface area contributed by atoms with Crippen LogP contribution in [0.15, 0.2) is 39.7 Å². The lowest BCUT2D eigenvalue weighted by Gasteiger charge is -2.10. The highest BCUT2D eigenvalue weighted by Gasteiger charge is 2.08. The number of nitrogens with zero attached hydrogens (tertiary/aromatic N) is 1. The van der Waals surface area contributed by atoms with Crippen LogP contribution in [0, 0.1) is 11.3 Å². The molecule has 1 N–H and O–H groups in total. The zero-order chi connectivity index (χ0) is 15.2. The van der Waals surface area contributed by atoms with Crippen molar-refractivity contribution in [2.75, 3.05) is 7.11 Å². The highest BCUT2D eigenvalue weighted by atomic mass is 16.5. The van der Waals surface area contributed by atoms with Crippen LogP contribution in [0.3, 0.4) is 0 Å². The Balaban J connectivity index is 2.20. The van der Waals surface area contributed by atoms with Crippen molar-refractivity contribution in [3.63, 3.8) is 0 Å². The van der Waals surface area contributed by atoms with Crippen LogP contribution in [0.5, 0.6) is 11.5 Å². The lowest BCUT2D eigenvalue weighted by Crippen LogP contribution is -2.08. The molecule has 21 heavy (non-hydrogen) atoms. The largest absolute Gasteiger partial charge is 0.496 e. The smallest absolute Gasteiger partial charge is 0.227 e. The van der Waals surface area contributed by atoms with Gasteiger partial charge in [0.15, 0.2) is 0 Å². The third kappa shape index (κ3) is 3.41. The van der Waals surface area contributed by atoms with Crippen molar-refractivity contribution < 1.29 is 19.0 Å². The molecular weight excluding hydrogens is 274 g/mol. The van der Waals surface area contributed by atoms with Crippen molar-refractivity contribution in [1.82, 2.24) is 0 Å². The number of hydrogen-bond acceptors (Lipinski definition) is 6. The van der Waals surface area contributed by atoms with Gasteiger partial charge >= 0.3 is 0 Å². The average molecular weight is 287 g/mol. The molecule has 0 spiro atoms. The fourth-order valence-electron chi connectivity index (χ4n) is 1.74. The third-order valence-corrected chi connectivity index (χ3v) is 2.80. The van der Waals surface area contributed by atoms with E-state index in [1.54, 1.807) is 18.2 Å². The van der Waals surface area contributed by atoms with Crippen LogP contribution < -0.4 is 14.9 Å². The van der Waals surface area contributed by atoms with E-state index in [4.69, 9.17) is 24.3 Å². The lowest BCUT2D eigenvalue weighted by atomic mass is 10.1. The number of aliphatic hydroxyl groups excluding tert-OH is 1. The molecule has 0 aliphatic carbocycles. The summed E-state index contributed by atoms with van der Waals surface area (Å²) in [4.78, 5) is 11.7. The molecule has 0 unspecified atom stereocenters. The van der Waals surface area contributed by atoms with E-state index in [9.17, 15) is 4.79 Å². The highest BCUT2D eigenvalue weighted by molar-refractivity contribution is 5.42. The van der Waals surface area contributed by atoms with Gasteiger partial charge in [-0.25, -0.2) is 0 Å². The first-order valence-corrected chi connectivity index (χ1v) is 6.10. The topological polar surface area (TPSA) is 92.7 Å². The molecule has 1 heterocycles. The first-order chi connectivity index (χ1) is 10.2. The summed E-state index contributed by atoms with van der Waals surface area (Å²) in [5.41, 5.74) is 0.722. The zero-order valence-electron chi connectivity index (χ0n) is 11.3. The van der Waals surface area contributed by atoms with Crippen LogP contribution >= 0.6 is 0 Å². The van der Waals surface area contributed by atoms with Crippen LogP contribution in [0.4, 0.5) is 0 Å². The number of nitriles is 1. The van der Waals surface area contributed by atoms with Gasteiger partial charge in [0.2, 0.25) is 11.2 Å². The molecule has 0 saturated carbocycles. The Morgan fingerprint density at radius 1 is 1.33 bits per heavy atom. The second-order valence-electron chi connectivity index (χ2n) is 4.16. The van der Waals surface area contributed by atoms with Crippen LogP contribution in [-0.2, 0) is 13.2 Å². The molecule has 0 atom stereocenters. The van der Waals surface area contributed by atoms with Crippen molar-refractivity contribution in [2.24, 2.45) is 0 Å². The normalized spacial score (nSPS) is 9.95. The maximum atomic E-state index is 11.7. The van der Waals surface area contributed by atoms with Gasteiger partial charge < -0.3 is 19.0 Å². The molecule has 1 aromatic heterocycles. The molecule has 0 saturated heterocycles. The number of ether oxygens (including phenoxy) is 2. The van der Waals surface area contributed by atoms with E-state index in [2.05, 4.69) is 0 Å². The quantitative estimate of drug-likeness (QED) is 0.897.